The molecule has 0 saturated carbocycles. The molecule has 0 aliphatic carbocycles. The van der Waals surface area contributed by atoms with E-state index in [1.165, 1.54) is 0 Å². The summed E-state index contributed by atoms with van der Waals surface area (Å²) in [6.07, 6.45) is -0.210. The Morgan fingerprint density at radius 3 is 2.61 bits per heavy atom. The van der Waals surface area contributed by atoms with Crippen molar-refractivity contribution in [3.05, 3.63) is 42.0 Å². The van der Waals surface area contributed by atoms with Crippen LogP contribution in [0.25, 0.3) is 5.57 Å². The van der Waals surface area contributed by atoms with Crippen LogP contribution in [0.4, 0.5) is 4.79 Å². The van der Waals surface area contributed by atoms with Gasteiger partial charge in [-0.05, 0) is 25.5 Å². The average molecular weight is 248 g/mol. The van der Waals surface area contributed by atoms with Gasteiger partial charge in [0.2, 0.25) is 0 Å². The molecule has 0 aromatic heterocycles. The van der Waals surface area contributed by atoms with Gasteiger partial charge < -0.3 is 4.74 Å². The first kappa shape index (κ1) is 14.5. The first-order chi connectivity index (χ1) is 8.36. The van der Waals surface area contributed by atoms with Gasteiger partial charge in [0.25, 0.3) is 0 Å². The summed E-state index contributed by atoms with van der Waals surface area (Å²) >= 11 is 0. The van der Waals surface area contributed by atoms with Crippen molar-refractivity contribution in [2.75, 3.05) is 20.7 Å². The highest BCUT2D eigenvalue weighted by molar-refractivity contribution is 5.62. The summed E-state index contributed by atoms with van der Waals surface area (Å²) in [5.74, 6) is 0. The number of rotatable bonds is 4. The number of carbonyl (C=O) groups is 1. The fourth-order valence-corrected chi connectivity index (χ4v) is 1.75. The first-order valence-corrected chi connectivity index (χ1v) is 6.12. The van der Waals surface area contributed by atoms with Crippen molar-refractivity contribution in [3.63, 3.8) is 0 Å². The molecule has 0 aliphatic rings. The second-order valence-corrected chi connectivity index (χ2v) is 5.02. The van der Waals surface area contributed by atoms with Crippen LogP contribution >= 0.6 is 0 Å². The summed E-state index contributed by atoms with van der Waals surface area (Å²) in [4.78, 5) is 11.8. The van der Waals surface area contributed by atoms with Gasteiger partial charge in [0, 0.05) is 5.56 Å². The maximum Gasteiger partial charge on any atom is 0.515 e. The molecule has 1 amide bonds. The highest BCUT2D eigenvalue weighted by Gasteiger charge is 2.28. The minimum atomic E-state index is -0.210. The van der Waals surface area contributed by atoms with E-state index in [4.69, 9.17) is 4.74 Å². The summed E-state index contributed by atoms with van der Waals surface area (Å²) in [6.45, 7) is 8.75. The molecule has 1 aromatic carbocycles. The molecule has 0 unspecified atom stereocenters. The van der Waals surface area contributed by atoms with Crippen molar-refractivity contribution in [1.82, 2.24) is 0 Å². The quantitative estimate of drug-likeness (QED) is 0.763. The first-order valence-electron chi connectivity index (χ1n) is 6.12. The minimum Gasteiger partial charge on any atom is -0.420 e. The fraction of sp³-hybridized carbons (Fsp3) is 0.400. The maximum absolute atomic E-state index is 11.8. The van der Waals surface area contributed by atoms with Gasteiger partial charge >= 0.3 is 6.09 Å². The summed E-state index contributed by atoms with van der Waals surface area (Å²) in [6, 6.07) is 8.11. The molecule has 3 nitrogen and oxygen atoms in total. The summed E-state index contributed by atoms with van der Waals surface area (Å²) < 4.78 is 5.26. The van der Waals surface area contributed by atoms with E-state index in [1.54, 1.807) is 0 Å². The zero-order valence-corrected chi connectivity index (χ0v) is 11.7. The Bertz CT molecular complexity index is 450. The number of amides is 1. The second kappa shape index (κ2) is 5.83. The maximum atomic E-state index is 11.8. The van der Waals surface area contributed by atoms with E-state index in [2.05, 4.69) is 12.6 Å². The highest BCUT2D eigenvalue weighted by atomic mass is 16.6. The topological polar surface area (TPSA) is 26.3 Å². The van der Waals surface area contributed by atoms with E-state index in [-0.39, 0.29) is 10.6 Å². The molecule has 18 heavy (non-hydrogen) atoms. The third-order valence-electron chi connectivity index (χ3n) is 2.76. The van der Waals surface area contributed by atoms with Crippen LogP contribution in [-0.4, -0.2) is 31.3 Å². The minimum absolute atomic E-state index is 0.188. The number of allylic oxidation sites excluding steroid dienone is 1. The van der Waals surface area contributed by atoms with Gasteiger partial charge in [-0.3, -0.25) is 0 Å². The van der Waals surface area contributed by atoms with Crippen LogP contribution in [0.5, 0.6) is 0 Å². The number of ether oxygens (including phenoxy) is 1. The van der Waals surface area contributed by atoms with Crippen molar-refractivity contribution in [1.29, 1.82) is 0 Å². The fourth-order valence-electron chi connectivity index (χ4n) is 1.75. The lowest BCUT2D eigenvalue weighted by atomic mass is 10.1. The van der Waals surface area contributed by atoms with Gasteiger partial charge in [-0.1, -0.05) is 30.4 Å². The smallest absolute Gasteiger partial charge is 0.420 e. The number of carbonyl (C=O) groups excluding carboxylic acids is 1. The Morgan fingerprint density at radius 2 is 2.06 bits per heavy atom. The molecule has 0 spiro atoms. The van der Waals surface area contributed by atoms with Gasteiger partial charge in [0.1, 0.15) is 6.54 Å². The van der Waals surface area contributed by atoms with Crippen LogP contribution in [0, 0.1) is 0 Å². The molecule has 0 radical (unpaired) electrons. The Morgan fingerprint density at radius 1 is 1.39 bits per heavy atom. The van der Waals surface area contributed by atoms with Crippen molar-refractivity contribution in [2.45, 2.75) is 20.4 Å². The van der Waals surface area contributed by atoms with Gasteiger partial charge in [0.15, 0.2) is 0 Å². The standard InChI is InChI=1S/C15H22NO2/c1-6-18-15(17)16(4,5)11-13-8-7-9-14(10-13)12(2)3/h7-10H,2,6,11H2,1,3-5H3/q+1. The van der Waals surface area contributed by atoms with E-state index < -0.39 is 0 Å². The zero-order valence-electron chi connectivity index (χ0n) is 11.7. The van der Waals surface area contributed by atoms with Crippen molar-refractivity contribution in [2.24, 2.45) is 0 Å². The number of quaternary nitrogens is 1. The van der Waals surface area contributed by atoms with E-state index in [9.17, 15) is 4.79 Å². The molecular formula is C15H22NO2+. The van der Waals surface area contributed by atoms with E-state index in [0.717, 1.165) is 16.7 Å². The molecule has 0 saturated heterocycles. The molecule has 0 aliphatic heterocycles. The molecule has 1 aromatic rings. The molecule has 3 heteroatoms. The predicted molar refractivity (Wildman–Crippen MR) is 74.0 cm³/mol. The van der Waals surface area contributed by atoms with Gasteiger partial charge in [0.05, 0.1) is 20.7 Å². The van der Waals surface area contributed by atoms with Gasteiger partial charge in [-0.15, -0.1) is 0 Å². The van der Waals surface area contributed by atoms with Crippen molar-refractivity contribution < 1.29 is 14.0 Å². The largest absolute Gasteiger partial charge is 0.515 e. The normalized spacial score (nSPS) is 11.1. The highest BCUT2D eigenvalue weighted by Crippen LogP contribution is 2.17. The SMILES string of the molecule is C=C(C)c1cccc(C[N+](C)(C)C(=O)OCC)c1. The van der Waals surface area contributed by atoms with Crippen LogP contribution in [0.15, 0.2) is 30.8 Å². The Balaban J connectivity index is 2.86. The third-order valence-corrected chi connectivity index (χ3v) is 2.76. The Hall–Kier alpha value is -1.61. The van der Waals surface area contributed by atoms with E-state index in [1.807, 2.05) is 46.1 Å². The van der Waals surface area contributed by atoms with Gasteiger partial charge in [-0.2, -0.15) is 4.79 Å². The average Bonchev–Trinajstić information content (AvgIpc) is 2.29. The predicted octanol–water partition coefficient (Wildman–Crippen LogP) is 3.45. The molecule has 0 bridgehead atoms. The Labute approximate surface area is 109 Å². The molecule has 0 fully saturated rings. The van der Waals surface area contributed by atoms with Crippen molar-refractivity contribution >= 4 is 11.7 Å². The zero-order chi connectivity index (χ0) is 13.8. The lowest BCUT2D eigenvalue weighted by Crippen LogP contribution is -2.45. The Kier molecular flexibility index (Phi) is 4.68. The van der Waals surface area contributed by atoms with Crippen molar-refractivity contribution in [3.8, 4) is 0 Å². The van der Waals surface area contributed by atoms with Gasteiger partial charge in [-0.25, -0.2) is 4.48 Å². The second-order valence-electron chi connectivity index (χ2n) is 5.02. The van der Waals surface area contributed by atoms with Crippen LogP contribution < -0.4 is 0 Å². The van der Waals surface area contributed by atoms with Crippen LogP contribution in [0.3, 0.4) is 0 Å². The summed E-state index contributed by atoms with van der Waals surface area (Å²) in [5.41, 5.74) is 3.24. The van der Waals surface area contributed by atoms with Crippen LogP contribution in [0.1, 0.15) is 25.0 Å². The number of hydrogen-bond donors (Lipinski definition) is 0. The van der Waals surface area contributed by atoms with Crippen LogP contribution in [0.2, 0.25) is 0 Å². The number of benzene rings is 1. The number of nitrogens with zero attached hydrogens (tertiary/aromatic N) is 1. The molecule has 98 valence electrons. The lowest BCUT2D eigenvalue weighted by Gasteiger charge is -2.25. The lowest BCUT2D eigenvalue weighted by molar-refractivity contribution is -0.831. The van der Waals surface area contributed by atoms with E-state index in [0.29, 0.717) is 13.2 Å². The number of hydrogen-bond acceptors (Lipinski definition) is 2. The molecule has 1 rings (SSSR count). The summed E-state index contributed by atoms with van der Waals surface area (Å²) in [5, 5.41) is 0. The van der Waals surface area contributed by atoms with E-state index >= 15 is 0 Å². The molecule has 0 atom stereocenters. The monoisotopic (exact) mass is 248 g/mol. The van der Waals surface area contributed by atoms with Crippen LogP contribution in [-0.2, 0) is 11.3 Å². The molecule has 0 heterocycles. The molecular weight excluding hydrogens is 226 g/mol. The molecule has 0 N–H and O–H groups in total. The summed E-state index contributed by atoms with van der Waals surface area (Å²) in [7, 11) is 3.71. The third kappa shape index (κ3) is 3.70.